The fourth-order valence-corrected chi connectivity index (χ4v) is 1.69. The first kappa shape index (κ1) is 12.7. The van der Waals surface area contributed by atoms with E-state index in [-0.39, 0.29) is 23.2 Å². The number of hydrazone groups is 1. The van der Waals surface area contributed by atoms with Crippen molar-refractivity contribution in [2.24, 2.45) is 5.10 Å². The molecule has 0 aliphatic carbocycles. The van der Waals surface area contributed by atoms with E-state index in [1.54, 1.807) is 12.1 Å². The van der Waals surface area contributed by atoms with Crippen LogP contribution in [0.5, 0.6) is 5.75 Å². The summed E-state index contributed by atoms with van der Waals surface area (Å²) in [4.78, 5) is 11.2. The van der Waals surface area contributed by atoms with Gasteiger partial charge in [-0.1, -0.05) is 11.6 Å². The maximum absolute atomic E-state index is 11.2. The second-order valence-corrected chi connectivity index (χ2v) is 3.87. The summed E-state index contributed by atoms with van der Waals surface area (Å²) in [6.07, 6.45) is 0. The van der Waals surface area contributed by atoms with Crippen LogP contribution in [0.25, 0.3) is 0 Å². The van der Waals surface area contributed by atoms with E-state index in [2.05, 4.69) is 15.8 Å². The molecule has 0 radical (unpaired) electrons. The van der Waals surface area contributed by atoms with E-state index in [0.29, 0.717) is 17.1 Å². The first-order valence-corrected chi connectivity index (χ1v) is 5.42. The number of carbonyl (C=O) groups excluding carboxylic acids is 1. The van der Waals surface area contributed by atoms with Crippen molar-refractivity contribution in [3.05, 3.63) is 17.2 Å². The average Bonchev–Trinajstić information content (AvgIpc) is 2.39. The Balaban J connectivity index is 2.30. The number of nitrogens with zero attached hydrogens (tertiary/aromatic N) is 3. The van der Waals surface area contributed by atoms with Gasteiger partial charge in [0.25, 0.3) is 5.91 Å². The molecule has 1 aliphatic rings. The lowest BCUT2D eigenvalue weighted by Gasteiger charge is -2.19. The minimum absolute atomic E-state index is 0.0926. The molecular weight excluding hydrogens is 270 g/mol. The highest BCUT2D eigenvalue weighted by Crippen LogP contribution is 2.38. The first-order valence-electron chi connectivity index (χ1n) is 5.04. The second-order valence-electron chi connectivity index (χ2n) is 3.47. The van der Waals surface area contributed by atoms with E-state index in [1.165, 1.54) is 12.1 Å². The molecule has 1 amide bonds. The Morgan fingerprint density at radius 3 is 2.89 bits per heavy atom. The summed E-state index contributed by atoms with van der Waals surface area (Å²) in [6, 6.07) is 6.25. The summed E-state index contributed by atoms with van der Waals surface area (Å²) in [5.74, 6) is 0.0792. The Morgan fingerprint density at radius 1 is 1.47 bits per heavy atom. The predicted octanol–water partition coefficient (Wildman–Crippen LogP) is 1.49. The van der Waals surface area contributed by atoms with Gasteiger partial charge in [-0.2, -0.15) is 15.6 Å². The van der Waals surface area contributed by atoms with Crippen molar-refractivity contribution < 1.29 is 9.53 Å². The number of halogens is 1. The van der Waals surface area contributed by atoms with Gasteiger partial charge in [0.1, 0.15) is 12.1 Å². The van der Waals surface area contributed by atoms with Gasteiger partial charge in [0.05, 0.1) is 16.4 Å². The number of fused-ring (bicyclic) bond motifs is 1. The normalized spacial score (nSPS) is 12.1. The lowest BCUT2D eigenvalue weighted by atomic mass is 10.2. The van der Waals surface area contributed by atoms with E-state index in [9.17, 15) is 4.79 Å². The number of nitrogens with one attached hydrogen (secondary N) is 2. The molecule has 2 rings (SSSR count). The summed E-state index contributed by atoms with van der Waals surface area (Å²) in [6.45, 7) is -0.0926. The highest BCUT2D eigenvalue weighted by atomic mass is 35.5. The monoisotopic (exact) mass is 275 g/mol. The van der Waals surface area contributed by atoms with Gasteiger partial charge in [0.2, 0.25) is 5.71 Å². The van der Waals surface area contributed by atoms with Gasteiger partial charge in [0, 0.05) is 0 Å². The van der Waals surface area contributed by atoms with Gasteiger partial charge in [-0.3, -0.25) is 10.2 Å². The number of hydrogen-bond donors (Lipinski definition) is 2. The van der Waals surface area contributed by atoms with Gasteiger partial charge in [-0.05, 0) is 12.1 Å². The van der Waals surface area contributed by atoms with Crippen molar-refractivity contribution in [3.8, 4) is 17.9 Å². The van der Waals surface area contributed by atoms with Gasteiger partial charge >= 0.3 is 0 Å². The molecule has 94 valence electrons. The molecule has 1 aliphatic heterocycles. The molecule has 2 N–H and O–H groups in total. The topological polar surface area (TPSA) is 110 Å². The number of benzene rings is 1. The van der Waals surface area contributed by atoms with Crippen molar-refractivity contribution in [2.45, 2.75) is 0 Å². The van der Waals surface area contributed by atoms with E-state index in [1.807, 2.05) is 0 Å². The molecule has 1 aromatic carbocycles. The number of rotatable bonds is 2. The molecule has 0 aromatic heterocycles. The Bertz CT molecular complexity index is 640. The van der Waals surface area contributed by atoms with Crippen molar-refractivity contribution in [1.82, 2.24) is 0 Å². The number of anilines is 2. The molecule has 0 fully saturated rings. The molecule has 7 nitrogen and oxygen atoms in total. The average molecular weight is 276 g/mol. The van der Waals surface area contributed by atoms with Crippen molar-refractivity contribution in [3.63, 3.8) is 0 Å². The molecule has 0 saturated heterocycles. The second kappa shape index (κ2) is 5.25. The summed E-state index contributed by atoms with van der Waals surface area (Å²) in [7, 11) is 0. The lowest BCUT2D eigenvalue weighted by molar-refractivity contribution is -0.118. The van der Waals surface area contributed by atoms with Crippen LogP contribution in [0.1, 0.15) is 0 Å². The zero-order valence-corrected chi connectivity index (χ0v) is 10.2. The minimum atomic E-state index is -0.325. The Hall–Kier alpha value is -2.77. The summed E-state index contributed by atoms with van der Waals surface area (Å²) in [5, 5.41) is 23.5. The van der Waals surface area contributed by atoms with Crippen LogP contribution < -0.4 is 15.5 Å². The third-order valence-corrected chi connectivity index (χ3v) is 2.45. The Labute approximate surface area is 113 Å². The summed E-state index contributed by atoms with van der Waals surface area (Å²) >= 11 is 5.98. The molecule has 0 saturated carbocycles. The van der Waals surface area contributed by atoms with E-state index < -0.39 is 0 Å². The highest BCUT2D eigenvalue weighted by Gasteiger charge is 2.19. The zero-order chi connectivity index (χ0) is 13.8. The van der Waals surface area contributed by atoms with Crippen LogP contribution in [0.3, 0.4) is 0 Å². The smallest absolute Gasteiger partial charge is 0.262 e. The number of carbonyl (C=O) groups is 1. The van der Waals surface area contributed by atoms with Crippen molar-refractivity contribution in [1.29, 1.82) is 10.5 Å². The maximum atomic E-state index is 11.2. The van der Waals surface area contributed by atoms with Gasteiger partial charge in [-0.15, -0.1) is 0 Å². The van der Waals surface area contributed by atoms with Crippen LogP contribution in [-0.4, -0.2) is 18.2 Å². The SMILES string of the molecule is N#CC(C#N)=NNc1cc(Cl)c2c(c1)NC(=O)CO2. The third-order valence-electron chi connectivity index (χ3n) is 2.17. The van der Waals surface area contributed by atoms with E-state index in [4.69, 9.17) is 26.9 Å². The summed E-state index contributed by atoms with van der Waals surface area (Å²) < 4.78 is 5.18. The van der Waals surface area contributed by atoms with Crippen molar-refractivity contribution in [2.75, 3.05) is 17.3 Å². The zero-order valence-electron chi connectivity index (χ0n) is 9.40. The predicted molar refractivity (Wildman–Crippen MR) is 67.9 cm³/mol. The van der Waals surface area contributed by atoms with Crippen LogP contribution in [-0.2, 0) is 4.79 Å². The molecule has 19 heavy (non-hydrogen) atoms. The van der Waals surface area contributed by atoms with E-state index in [0.717, 1.165) is 0 Å². The van der Waals surface area contributed by atoms with Gasteiger partial charge in [-0.25, -0.2) is 0 Å². The lowest BCUT2D eigenvalue weighted by Crippen LogP contribution is -2.25. The highest BCUT2D eigenvalue weighted by molar-refractivity contribution is 6.33. The number of nitriles is 2. The standard InChI is InChI=1S/C11H6ClN5O2/c12-8-1-6(16-17-7(3-13)4-14)2-9-11(8)19-5-10(18)15-9/h1-2,16H,5H2,(H,15,18). The molecule has 1 heterocycles. The van der Waals surface area contributed by atoms with Gasteiger partial charge < -0.3 is 10.1 Å². The van der Waals surface area contributed by atoms with Crippen LogP contribution in [0.4, 0.5) is 11.4 Å². The largest absolute Gasteiger partial charge is 0.480 e. The number of ether oxygens (including phenoxy) is 1. The van der Waals surface area contributed by atoms with Crippen LogP contribution in [0.2, 0.25) is 5.02 Å². The number of amides is 1. The van der Waals surface area contributed by atoms with Gasteiger partial charge in [0.15, 0.2) is 12.4 Å². The third kappa shape index (κ3) is 2.73. The Morgan fingerprint density at radius 2 is 2.21 bits per heavy atom. The fraction of sp³-hybridized carbons (Fsp3) is 0.0909. The molecular formula is C11H6ClN5O2. The van der Waals surface area contributed by atoms with Crippen molar-refractivity contribution >= 4 is 34.6 Å². The molecule has 1 aromatic rings. The molecule has 0 unspecified atom stereocenters. The van der Waals surface area contributed by atoms with E-state index >= 15 is 0 Å². The quantitative estimate of drug-likeness (QED) is 0.627. The molecule has 0 bridgehead atoms. The Kier molecular flexibility index (Phi) is 3.51. The molecule has 0 atom stereocenters. The van der Waals surface area contributed by atoms with Crippen LogP contribution in [0.15, 0.2) is 17.2 Å². The fourth-order valence-electron chi connectivity index (χ4n) is 1.42. The van der Waals surface area contributed by atoms with Crippen LogP contribution in [0, 0.1) is 22.7 Å². The van der Waals surface area contributed by atoms with Crippen LogP contribution >= 0.6 is 11.6 Å². The number of hydrogen-bond acceptors (Lipinski definition) is 6. The summed E-state index contributed by atoms with van der Waals surface area (Å²) in [5.41, 5.74) is 2.99. The molecule has 8 heteroatoms. The first-order chi connectivity index (χ1) is 9.13. The maximum Gasteiger partial charge on any atom is 0.262 e. The molecule has 0 spiro atoms. The minimum Gasteiger partial charge on any atom is -0.480 e.